The molecule has 0 fully saturated rings. The van der Waals surface area contributed by atoms with Gasteiger partial charge in [0.2, 0.25) is 0 Å². The van der Waals surface area contributed by atoms with Gasteiger partial charge in [0.25, 0.3) is 0 Å². The second kappa shape index (κ2) is 9.70. The summed E-state index contributed by atoms with van der Waals surface area (Å²) in [6, 6.07) is 6.11. The van der Waals surface area contributed by atoms with Crippen molar-refractivity contribution in [3.05, 3.63) is 28.2 Å². The van der Waals surface area contributed by atoms with Crippen molar-refractivity contribution in [2.45, 2.75) is 25.8 Å². The van der Waals surface area contributed by atoms with Crippen molar-refractivity contribution in [1.82, 2.24) is 5.32 Å². The number of hydrogen-bond acceptors (Lipinski definition) is 3. The van der Waals surface area contributed by atoms with Crippen LogP contribution in [-0.2, 0) is 6.54 Å². The van der Waals surface area contributed by atoms with E-state index in [9.17, 15) is 0 Å². The van der Waals surface area contributed by atoms with E-state index in [1.807, 2.05) is 23.9 Å². The highest BCUT2D eigenvalue weighted by Crippen LogP contribution is 2.22. The highest BCUT2D eigenvalue weighted by Gasteiger charge is 2.02. The zero-order valence-electron chi connectivity index (χ0n) is 11.2. The van der Waals surface area contributed by atoms with Gasteiger partial charge < -0.3 is 10.1 Å². The van der Waals surface area contributed by atoms with Crippen LogP contribution in [0.5, 0.6) is 5.75 Å². The quantitative estimate of drug-likeness (QED) is 0.689. The maximum atomic E-state index is 5.35. The van der Waals surface area contributed by atoms with Crippen molar-refractivity contribution in [2.75, 3.05) is 25.7 Å². The molecule has 18 heavy (non-hydrogen) atoms. The summed E-state index contributed by atoms with van der Waals surface area (Å²) in [7, 11) is 1.72. The van der Waals surface area contributed by atoms with Crippen LogP contribution in [0.1, 0.15) is 24.8 Å². The lowest BCUT2D eigenvalue weighted by molar-refractivity contribution is 0.407. The Morgan fingerprint density at radius 2 is 2.11 bits per heavy atom. The van der Waals surface area contributed by atoms with Gasteiger partial charge in [0.05, 0.1) is 7.11 Å². The van der Waals surface area contributed by atoms with Crippen LogP contribution in [0.15, 0.2) is 22.7 Å². The summed E-state index contributed by atoms with van der Waals surface area (Å²) in [4.78, 5) is 0. The van der Waals surface area contributed by atoms with Gasteiger partial charge in [-0.25, -0.2) is 0 Å². The first-order valence-corrected chi connectivity index (χ1v) is 8.48. The average molecular weight is 332 g/mol. The minimum atomic E-state index is 0.866. The molecular weight excluding hydrogens is 310 g/mol. The van der Waals surface area contributed by atoms with E-state index in [1.54, 1.807) is 7.11 Å². The molecule has 0 heterocycles. The fraction of sp³-hybridized carbons (Fsp3) is 0.571. The highest BCUT2D eigenvalue weighted by molar-refractivity contribution is 9.10. The van der Waals surface area contributed by atoms with Gasteiger partial charge in [0, 0.05) is 16.6 Å². The number of methoxy groups -OCH3 is 1. The van der Waals surface area contributed by atoms with Crippen molar-refractivity contribution < 1.29 is 4.74 Å². The van der Waals surface area contributed by atoms with E-state index < -0.39 is 0 Å². The van der Waals surface area contributed by atoms with Gasteiger partial charge in [0.15, 0.2) is 0 Å². The number of rotatable bonds is 9. The molecule has 0 spiro atoms. The molecule has 102 valence electrons. The molecular formula is C14H22BrNOS. The summed E-state index contributed by atoms with van der Waals surface area (Å²) in [6.45, 7) is 1.94. The molecule has 0 atom stereocenters. The van der Waals surface area contributed by atoms with Gasteiger partial charge in [-0.05, 0) is 49.6 Å². The van der Waals surface area contributed by atoms with Gasteiger partial charge in [0.1, 0.15) is 5.75 Å². The fourth-order valence-electron chi connectivity index (χ4n) is 1.78. The smallest absolute Gasteiger partial charge is 0.123 e. The topological polar surface area (TPSA) is 21.3 Å². The SMILES string of the molecule is COc1ccc(Br)cc1CNCCCCCSC. The van der Waals surface area contributed by atoms with Gasteiger partial charge in [-0.15, -0.1) is 0 Å². The van der Waals surface area contributed by atoms with E-state index in [1.165, 1.54) is 30.6 Å². The predicted molar refractivity (Wildman–Crippen MR) is 84.6 cm³/mol. The maximum Gasteiger partial charge on any atom is 0.123 e. The van der Waals surface area contributed by atoms with Crippen LogP contribution < -0.4 is 10.1 Å². The Balaban J connectivity index is 2.24. The van der Waals surface area contributed by atoms with Gasteiger partial charge in [-0.3, -0.25) is 0 Å². The average Bonchev–Trinajstić information content (AvgIpc) is 2.38. The van der Waals surface area contributed by atoms with E-state index in [2.05, 4.69) is 33.6 Å². The Morgan fingerprint density at radius 1 is 1.28 bits per heavy atom. The number of ether oxygens (including phenoxy) is 1. The lowest BCUT2D eigenvalue weighted by Gasteiger charge is -2.10. The number of nitrogens with one attached hydrogen (secondary N) is 1. The van der Waals surface area contributed by atoms with Gasteiger partial charge >= 0.3 is 0 Å². The zero-order valence-corrected chi connectivity index (χ0v) is 13.6. The van der Waals surface area contributed by atoms with Crippen LogP contribution in [0.2, 0.25) is 0 Å². The number of benzene rings is 1. The summed E-state index contributed by atoms with van der Waals surface area (Å²) in [5.74, 6) is 2.23. The van der Waals surface area contributed by atoms with Crippen LogP contribution in [-0.4, -0.2) is 25.7 Å². The zero-order chi connectivity index (χ0) is 13.2. The van der Waals surface area contributed by atoms with E-state index in [4.69, 9.17) is 4.74 Å². The number of unbranched alkanes of at least 4 members (excludes halogenated alkanes) is 2. The van der Waals surface area contributed by atoms with E-state index >= 15 is 0 Å². The largest absolute Gasteiger partial charge is 0.496 e. The molecule has 0 saturated carbocycles. The molecule has 0 saturated heterocycles. The van der Waals surface area contributed by atoms with E-state index in [0.29, 0.717) is 0 Å². The minimum absolute atomic E-state index is 0.866. The van der Waals surface area contributed by atoms with Crippen LogP contribution in [0.25, 0.3) is 0 Å². The first-order valence-electron chi connectivity index (χ1n) is 6.30. The normalized spacial score (nSPS) is 10.6. The number of halogens is 1. The summed E-state index contributed by atoms with van der Waals surface area (Å²) in [6.07, 6.45) is 6.04. The molecule has 0 amide bonds. The van der Waals surface area contributed by atoms with Crippen molar-refractivity contribution in [3.8, 4) is 5.75 Å². The lowest BCUT2D eigenvalue weighted by Crippen LogP contribution is -2.15. The summed E-state index contributed by atoms with van der Waals surface area (Å²) >= 11 is 5.42. The van der Waals surface area contributed by atoms with Crippen molar-refractivity contribution in [2.24, 2.45) is 0 Å². The molecule has 0 unspecified atom stereocenters. The second-order valence-corrected chi connectivity index (χ2v) is 6.09. The Labute approximate surface area is 123 Å². The lowest BCUT2D eigenvalue weighted by atomic mass is 10.2. The van der Waals surface area contributed by atoms with E-state index in [0.717, 1.165) is 23.3 Å². The van der Waals surface area contributed by atoms with Gasteiger partial charge in [-0.2, -0.15) is 11.8 Å². The molecule has 1 aromatic carbocycles. The summed E-state index contributed by atoms with van der Waals surface area (Å²) in [5.41, 5.74) is 1.20. The fourth-order valence-corrected chi connectivity index (χ4v) is 2.68. The molecule has 1 rings (SSSR count). The molecule has 1 N–H and O–H groups in total. The predicted octanol–water partition coefficient (Wildman–Crippen LogP) is 4.08. The summed E-state index contributed by atoms with van der Waals surface area (Å²) < 4.78 is 6.44. The Kier molecular flexibility index (Phi) is 8.55. The Bertz CT molecular complexity index is 347. The molecule has 0 bridgehead atoms. The monoisotopic (exact) mass is 331 g/mol. The van der Waals surface area contributed by atoms with Crippen LogP contribution in [0.3, 0.4) is 0 Å². The first-order chi connectivity index (χ1) is 8.77. The van der Waals surface area contributed by atoms with Crippen LogP contribution in [0.4, 0.5) is 0 Å². The second-order valence-electron chi connectivity index (χ2n) is 4.19. The molecule has 0 aromatic heterocycles. The first kappa shape index (κ1) is 15.9. The molecule has 0 radical (unpaired) electrons. The third-order valence-corrected chi connectivity index (χ3v) is 3.95. The molecule has 1 aromatic rings. The molecule has 0 aliphatic heterocycles. The minimum Gasteiger partial charge on any atom is -0.496 e. The molecule has 0 aliphatic rings. The number of hydrogen-bond donors (Lipinski definition) is 1. The third kappa shape index (κ3) is 6.12. The molecule has 4 heteroatoms. The Morgan fingerprint density at radius 3 is 2.83 bits per heavy atom. The molecule has 2 nitrogen and oxygen atoms in total. The molecule has 0 aliphatic carbocycles. The van der Waals surface area contributed by atoms with Crippen LogP contribution in [0, 0.1) is 0 Å². The highest BCUT2D eigenvalue weighted by atomic mass is 79.9. The van der Waals surface area contributed by atoms with Crippen LogP contribution >= 0.6 is 27.7 Å². The Hall–Kier alpha value is -0.190. The number of thioether (sulfide) groups is 1. The summed E-state index contributed by atoms with van der Waals surface area (Å²) in [5, 5.41) is 3.47. The van der Waals surface area contributed by atoms with Crippen molar-refractivity contribution in [3.63, 3.8) is 0 Å². The maximum absolute atomic E-state index is 5.35. The van der Waals surface area contributed by atoms with E-state index in [-0.39, 0.29) is 0 Å². The van der Waals surface area contributed by atoms with Crippen molar-refractivity contribution >= 4 is 27.7 Å². The third-order valence-electron chi connectivity index (χ3n) is 2.76. The standard InChI is InChI=1S/C14H22BrNOS/c1-17-14-7-6-13(15)10-12(14)11-16-8-4-3-5-9-18-2/h6-7,10,16H,3-5,8-9,11H2,1-2H3. The van der Waals surface area contributed by atoms with Gasteiger partial charge in [-0.1, -0.05) is 22.4 Å². The van der Waals surface area contributed by atoms with Crippen molar-refractivity contribution in [1.29, 1.82) is 0 Å².